The molecule has 0 saturated carbocycles. The summed E-state index contributed by atoms with van der Waals surface area (Å²) in [5.74, 6) is 2.15. The summed E-state index contributed by atoms with van der Waals surface area (Å²) in [5.41, 5.74) is 2.05. The summed E-state index contributed by atoms with van der Waals surface area (Å²) in [6, 6.07) is 5.98. The lowest BCUT2D eigenvalue weighted by molar-refractivity contribution is 0.00889. The Bertz CT molecular complexity index is 606. The van der Waals surface area contributed by atoms with Gasteiger partial charge < -0.3 is 14.0 Å². The van der Waals surface area contributed by atoms with Crippen LogP contribution in [0.5, 0.6) is 5.75 Å². The summed E-state index contributed by atoms with van der Waals surface area (Å²) in [6.07, 6.45) is 5.02. The lowest BCUT2D eigenvalue weighted by Gasteiger charge is -2.23. The molecule has 1 aliphatic rings. The molecule has 1 aromatic heterocycles. The number of nitrogens with zero attached hydrogens (tertiary/aromatic N) is 2. The van der Waals surface area contributed by atoms with Gasteiger partial charge in [-0.2, -0.15) is 0 Å². The lowest BCUT2D eigenvalue weighted by atomic mass is 10.1. The molecule has 5 heteroatoms. The zero-order valence-electron chi connectivity index (χ0n) is 12.3. The Labute approximate surface area is 130 Å². The maximum Gasteiger partial charge on any atom is 0.124 e. The summed E-state index contributed by atoms with van der Waals surface area (Å²) in [5, 5.41) is 0. The highest BCUT2D eigenvalue weighted by molar-refractivity contribution is 6.16. The van der Waals surface area contributed by atoms with Crippen molar-refractivity contribution in [2.24, 2.45) is 0 Å². The molecule has 0 N–H and O–H groups in total. The van der Waals surface area contributed by atoms with Crippen LogP contribution >= 0.6 is 11.6 Å². The number of aryl methyl sites for hydroxylation is 1. The van der Waals surface area contributed by atoms with Gasteiger partial charge in [0, 0.05) is 19.2 Å². The topological polar surface area (TPSA) is 36.3 Å². The van der Waals surface area contributed by atoms with Crippen molar-refractivity contribution in [2.45, 2.75) is 44.2 Å². The minimum absolute atomic E-state index is 0.373. The molecule has 0 spiro atoms. The lowest BCUT2D eigenvalue weighted by Crippen LogP contribution is -2.21. The van der Waals surface area contributed by atoms with E-state index >= 15 is 0 Å². The summed E-state index contributed by atoms with van der Waals surface area (Å²) in [7, 11) is 1.67. The van der Waals surface area contributed by atoms with Crippen molar-refractivity contribution in [2.75, 3.05) is 13.7 Å². The zero-order chi connectivity index (χ0) is 14.7. The molecule has 114 valence electrons. The minimum atomic E-state index is 0.373. The summed E-state index contributed by atoms with van der Waals surface area (Å²) >= 11 is 6.05. The molecule has 1 unspecified atom stereocenters. The van der Waals surface area contributed by atoms with E-state index in [0.717, 1.165) is 48.6 Å². The fourth-order valence-corrected chi connectivity index (χ4v) is 3.15. The number of aromatic nitrogens is 2. The first-order valence-corrected chi connectivity index (χ1v) is 8.06. The Morgan fingerprint density at radius 1 is 1.43 bits per heavy atom. The third-order valence-electron chi connectivity index (χ3n) is 4.10. The highest BCUT2D eigenvalue weighted by atomic mass is 35.5. The molecule has 4 nitrogen and oxygen atoms in total. The Kier molecular flexibility index (Phi) is 4.66. The van der Waals surface area contributed by atoms with Crippen molar-refractivity contribution in [3.8, 4) is 5.75 Å². The van der Waals surface area contributed by atoms with Crippen LogP contribution < -0.4 is 4.74 Å². The maximum atomic E-state index is 6.05. The van der Waals surface area contributed by atoms with E-state index in [9.17, 15) is 0 Å². The fraction of sp³-hybridized carbons (Fsp3) is 0.562. The molecule has 1 saturated heterocycles. The van der Waals surface area contributed by atoms with Gasteiger partial charge in [0.1, 0.15) is 11.6 Å². The molecule has 21 heavy (non-hydrogen) atoms. The van der Waals surface area contributed by atoms with Gasteiger partial charge in [0.2, 0.25) is 0 Å². The molecule has 1 atom stereocenters. The molecule has 2 heterocycles. The van der Waals surface area contributed by atoms with Crippen molar-refractivity contribution in [3.05, 3.63) is 24.0 Å². The number of halogens is 1. The van der Waals surface area contributed by atoms with Gasteiger partial charge in [0.15, 0.2) is 0 Å². The van der Waals surface area contributed by atoms with E-state index in [1.54, 1.807) is 7.11 Å². The monoisotopic (exact) mass is 308 g/mol. The number of hydrogen-bond donors (Lipinski definition) is 0. The van der Waals surface area contributed by atoms with Gasteiger partial charge in [-0.3, -0.25) is 0 Å². The van der Waals surface area contributed by atoms with Crippen molar-refractivity contribution < 1.29 is 9.47 Å². The van der Waals surface area contributed by atoms with Crippen LogP contribution in [0.4, 0.5) is 0 Å². The van der Waals surface area contributed by atoms with E-state index in [1.807, 2.05) is 12.1 Å². The Morgan fingerprint density at radius 3 is 3.05 bits per heavy atom. The summed E-state index contributed by atoms with van der Waals surface area (Å²) in [4.78, 5) is 4.61. The number of hydrogen-bond acceptors (Lipinski definition) is 3. The molecule has 0 bridgehead atoms. The zero-order valence-corrected chi connectivity index (χ0v) is 13.1. The van der Waals surface area contributed by atoms with Crippen molar-refractivity contribution in [1.82, 2.24) is 9.55 Å². The SMILES string of the molecule is COc1ccc2c(c1)nc(CCl)n2CCC1CCCCO1. The predicted molar refractivity (Wildman–Crippen MR) is 84.1 cm³/mol. The van der Waals surface area contributed by atoms with Gasteiger partial charge in [-0.1, -0.05) is 0 Å². The molecule has 1 aromatic carbocycles. The van der Waals surface area contributed by atoms with Crippen LogP contribution in [-0.4, -0.2) is 29.4 Å². The third kappa shape index (κ3) is 3.16. The summed E-state index contributed by atoms with van der Waals surface area (Å²) < 4.78 is 13.3. The second kappa shape index (κ2) is 6.67. The maximum absolute atomic E-state index is 6.05. The standard InChI is InChI=1S/C16H21ClN2O2/c1-20-13-5-6-15-14(10-13)18-16(11-17)19(15)8-7-12-4-2-3-9-21-12/h5-6,10,12H,2-4,7-9,11H2,1H3. The average molecular weight is 309 g/mol. The van der Waals surface area contributed by atoms with Crippen molar-refractivity contribution >= 4 is 22.6 Å². The number of methoxy groups -OCH3 is 1. The van der Waals surface area contributed by atoms with Crippen LogP contribution in [-0.2, 0) is 17.2 Å². The van der Waals surface area contributed by atoms with Crippen LogP contribution in [0.1, 0.15) is 31.5 Å². The minimum Gasteiger partial charge on any atom is -0.497 e. The average Bonchev–Trinajstić information content (AvgIpc) is 2.90. The smallest absolute Gasteiger partial charge is 0.124 e. The van der Waals surface area contributed by atoms with E-state index in [1.165, 1.54) is 12.8 Å². The van der Waals surface area contributed by atoms with E-state index in [0.29, 0.717) is 12.0 Å². The molecule has 0 aliphatic carbocycles. The van der Waals surface area contributed by atoms with Crippen LogP contribution in [0.15, 0.2) is 18.2 Å². The normalized spacial score (nSPS) is 19.0. The first-order valence-electron chi connectivity index (χ1n) is 7.52. The number of benzene rings is 1. The predicted octanol–water partition coefficient (Wildman–Crippen LogP) is 3.74. The second-order valence-corrected chi connectivity index (χ2v) is 5.71. The van der Waals surface area contributed by atoms with E-state index in [4.69, 9.17) is 21.1 Å². The molecule has 0 amide bonds. The molecule has 1 aliphatic heterocycles. The number of alkyl halides is 1. The largest absolute Gasteiger partial charge is 0.497 e. The van der Waals surface area contributed by atoms with Crippen molar-refractivity contribution in [3.63, 3.8) is 0 Å². The second-order valence-electron chi connectivity index (χ2n) is 5.45. The highest BCUT2D eigenvalue weighted by Gasteiger charge is 2.16. The van der Waals surface area contributed by atoms with E-state index < -0.39 is 0 Å². The highest BCUT2D eigenvalue weighted by Crippen LogP contribution is 2.24. The van der Waals surface area contributed by atoms with E-state index in [-0.39, 0.29) is 0 Å². The van der Waals surface area contributed by atoms with Gasteiger partial charge in [0.25, 0.3) is 0 Å². The molecule has 1 fully saturated rings. The Balaban J connectivity index is 1.82. The van der Waals surface area contributed by atoms with Gasteiger partial charge in [-0.05, 0) is 37.8 Å². The fourth-order valence-electron chi connectivity index (χ4n) is 2.95. The number of imidazole rings is 1. The third-order valence-corrected chi connectivity index (χ3v) is 4.34. The summed E-state index contributed by atoms with van der Waals surface area (Å²) in [6.45, 7) is 1.80. The number of rotatable bonds is 5. The van der Waals surface area contributed by atoms with Gasteiger partial charge >= 0.3 is 0 Å². The van der Waals surface area contributed by atoms with Gasteiger partial charge in [-0.15, -0.1) is 11.6 Å². The molecule has 2 aromatic rings. The first-order chi connectivity index (χ1) is 10.3. The molecular weight excluding hydrogens is 288 g/mol. The quantitative estimate of drug-likeness (QED) is 0.789. The van der Waals surface area contributed by atoms with E-state index in [2.05, 4.69) is 15.6 Å². The number of fused-ring (bicyclic) bond motifs is 1. The van der Waals surface area contributed by atoms with Crippen LogP contribution in [0.3, 0.4) is 0 Å². The Hall–Kier alpha value is -1.26. The van der Waals surface area contributed by atoms with Crippen LogP contribution in [0, 0.1) is 0 Å². The van der Waals surface area contributed by atoms with Crippen LogP contribution in [0.25, 0.3) is 11.0 Å². The first kappa shape index (κ1) is 14.7. The van der Waals surface area contributed by atoms with Crippen molar-refractivity contribution in [1.29, 1.82) is 0 Å². The molecular formula is C16H21ClN2O2. The van der Waals surface area contributed by atoms with Gasteiger partial charge in [0.05, 0.1) is 30.1 Å². The Morgan fingerprint density at radius 2 is 2.33 bits per heavy atom. The van der Waals surface area contributed by atoms with Gasteiger partial charge in [-0.25, -0.2) is 4.98 Å². The van der Waals surface area contributed by atoms with Crippen LogP contribution in [0.2, 0.25) is 0 Å². The number of ether oxygens (including phenoxy) is 2. The molecule has 3 rings (SSSR count). The molecule has 0 radical (unpaired) electrons.